The lowest BCUT2D eigenvalue weighted by atomic mass is 9.76. The summed E-state index contributed by atoms with van der Waals surface area (Å²) in [6, 6.07) is 17.4. The SMILES string of the molecule is O=C(O)[C@H](Cc1cccc2c(-c3ncc(CN4CC5(CC5)C4)c4ccccc34)cccc12)NC(=O)C1(C(F)(F)F)CCN(CC(F)F)CC1. The van der Waals surface area contributed by atoms with Crippen molar-refractivity contribution < 1.29 is 36.6 Å². The molecular weight excluding hydrogens is 643 g/mol. The van der Waals surface area contributed by atoms with Gasteiger partial charge in [0.1, 0.15) is 11.5 Å². The van der Waals surface area contributed by atoms with Crippen LogP contribution in [0.2, 0.25) is 0 Å². The molecule has 258 valence electrons. The van der Waals surface area contributed by atoms with Crippen LogP contribution in [0, 0.1) is 10.8 Å². The van der Waals surface area contributed by atoms with Crippen LogP contribution in [0.15, 0.2) is 66.9 Å². The number of rotatable bonds is 10. The number of carboxylic acids is 1. The van der Waals surface area contributed by atoms with E-state index in [-0.39, 0.29) is 19.5 Å². The summed E-state index contributed by atoms with van der Waals surface area (Å²) >= 11 is 0. The van der Waals surface area contributed by atoms with Crippen molar-refractivity contribution >= 4 is 33.4 Å². The van der Waals surface area contributed by atoms with Crippen molar-refractivity contribution in [3.63, 3.8) is 0 Å². The first-order valence-electron chi connectivity index (χ1n) is 16.6. The zero-order valence-corrected chi connectivity index (χ0v) is 26.8. The van der Waals surface area contributed by atoms with E-state index in [1.165, 1.54) is 17.7 Å². The number of aliphatic carboxylic acids is 1. The molecule has 2 N–H and O–H groups in total. The van der Waals surface area contributed by atoms with Gasteiger partial charge in [0.05, 0.1) is 12.2 Å². The summed E-state index contributed by atoms with van der Waals surface area (Å²) in [5.74, 6) is -2.93. The van der Waals surface area contributed by atoms with Gasteiger partial charge in [-0.3, -0.25) is 19.6 Å². The predicted octanol–water partition coefficient (Wildman–Crippen LogP) is 6.67. The van der Waals surface area contributed by atoms with Crippen molar-refractivity contribution in [1.82, 2.24) is 20.1 Å². The maximum absolute atomic E-state index is 14.4. The number of carbonyl (C=O) groups excluding carboxylic acids is 1. The van der Waals surface area contributed by atoms with E-state index >= 15 is 0 Å². The summed E-state index contributed by atoms with van der Waals surface area (Å²) in [4.78, 5) is 34.3. The number of halogens is 5. The molecule has 0 radical (unpaired) electrons. The van der Waals surface area contributed by atoms with Crippen LogP contribution in [-0.4, -0.2) is 83.1 Å². The number of benzene rings is 3. The summed E-state index contributed by atoms with van der Waals surface area (Å²) in [5.41, 5.74) is 0.935. The van der Waals surface area contributed by atoms with Gasteiger partial charge in [0.2, 0.25) is 5.91 Å². The van der Waals surface area contributed by atoms with Gasteiger partial charge >= 0.3 is 12.1 Å². The second-order valence-electron chi connectivity index (χ2n) is 14.0. The van der Waals surface area contributed by atoms with E-state index in [1.807, 2.05) is 48.7 Å². The smallest absolute Gasteiger partial charge is 0.403 e. The zero-order chi connectivity index (χ0) is 34.6. The first-order chi connectivity index (χ1) is 23.4. The Morgan fingerprint density at radius 2 is 1.47 bits per heavy atom. The first-order valence-corrected chi connectivity index (χ1v) is 16.6. The molecule has 0 bridgehead atoms. The van der Waals surface area contributed by atoms with Crippen LogP contribution in [0.4, 0.5) is 22.0 Å². The van der Waals surface area contributed by atoms with Crippen LogP contribution in [0.5, 0.6) is 0 Å². The second-order valence-corrected chi connectivity index (χ2v) is 14.0. The van der Waals surface area contributed by atoms with Crippen molar-refractivity contribution in [2.45, 2.75) is 57.3 Å². The molecule has 2 aliphatic heterocycles. The van der Waals surface area contributed by atoms with Gasteiger partial charge < -0.3 is 10.4 Å². The van der Waals surface area contributed by atoms with Crippen molar-refractivity contribution in [2.75, 3.05) is 32.7 Å². The molecule has 3 aromatic carbocycles. The Labute approximate surface area is 280 Å². The van der Waals surface area contributed by atoms with E-state index < -0.39 is 55.3 Å². The van der Waals surface area contributed by atoms with E-state index in [1.54, 1.807) is 12.1 Å². The first kappa shape index (κ1) is 33.3. The van der Waals surface area contributed by atoms with Crippen molar-refractivity contribution in [2.24, 2.45) is 10.8 Å². The summed E-state index contributed by atoms with van der Waals surface area (Å²) in [6.07, 6.45) is -4.92. The number of piperidine rings is 1. The number of amides is 1. The van der Waals surface area contributed by atoms with Crippen molar-refractivity contribution in [3.8, 4) is 11.3 Å². The number of aromatic nitrogens is 1. The molecule has 1 aliphatic carbocycles. The Balaban J connectivity index is 1.16. The molecule has 1 saturated carbocycles. The standard InChI is InChI=1S/C37H37F5N4O3/c38-31(39)20-45-15-13-36(14-16-45,37(40,41)42)34(49)44-30(33(47)48)17-23-5-3-9-27-25(23)8-4-10-29(27)32-28-7-2-1-6-26(28)24(18-43-32)19-46-21-35(22-46)11-12-35/h1-10,18,30-31H,11-17,19-22H2,(H,44,49)(H,47,48)/t30-/m0/s1. The Hall–Kier alpha value is -4.16. The van der Waals surface area contributed by atoms with Crippen LogP contribution in [0.25, 0.3) is 32.8 Å². The highest BCUT2D eigenvalue weighted by molar-refractivity contribution is 6.05. The van der Waals surface area contributed by atoms with Crippen LogP contribution in [-0.2, 0) is 22.6 Å². The number of nitrogens with one attached hydrogen (secondary N) is 1. The van der Waals surface area contributed by atoms with Gasteiger partial charge in [0.15, 0.2) is 0 Å². The van der Waals surface area contributed by atoms with Crippen molar-refractivity contribution in [1.29, 1.82) is 0 Å². The van der Waals surface area contributed by atoms with Crippen LogP contribution >= 0.6 is 0 Å². The van der Waals surface area contributed by atoms with Crippen LogP contribution < -0.4 is 5.32 Å². The molecule has 1 spiro atoms. The van der Waals surface area contributed by atoms with E-state index in [4.69, 9.17) is 4.98 Å². The minimum Gasteiger partial charge on any atom is -0.480 e. The Morgan fingerprint density at radius 3 is 2.12 bits per heavy atom. The van der Waals surface area contributed by atoms with Gasteiger partial charge in [-0.2, -0.15) is 13.2 Å². The van der Waals surface area contributed by atoms with Gasteiger partial charge in [-0.1, -0.05) is 60.7 Å². The lowest BCUT2D eigenvalue weighted by Gasteiger charge is -2.41. The van der Waals surface area contributed by atoms with Crippen LogP contribution in [0.1, 0.15) is 36.8 Å². The van der Waals surface area contributed by atoms with E-state index in [0.717, 1.165) is 52.6 Å². The fourth-order valence-corrected chi connectivity index (χ4v) is 7.77. The highest BCUT2D eigenvalue weighted by atomic mass is 19.4. The number of hydrogen-bond acceptors (Lipinski definition) is 5. The maximum atomic E-state index is 14.4. The molecule has 4 aromatic rings. The molecule has 1 amide bonds. The summed E-state index contributed by atoms with van der Waals surface area (Å²) in [5, 5.41) is 15.8. The lowest BCUT2D eigenvalue weighted by molar-refractivity contribution is -0.233. The fraction of sp³-hybridized carbons (Fsp3) is 0.432. The number of carbonyl (C=O) groups is 2. The molecule has 7 rings (SSSR count). The van der Waals surface area contributed by atoms with E-state index in [9.17, 15) is 36.6 Å². The average molecular weight is 681 g/mol. The monoisotopic (exact) mass is 680 g/mol. The normalized spacial score (nSPS) is 19.6. The molecule has 49 heavy (non-hydrogen) atoms. The molecule has 7 nitrogen and oxygen atoms in total. The van der Waals surface area contributed by atoms with Gasteiger partial charge in [0, 0.05) is 43.2 Å². The van der Waals surface area contributed by atoms with Gasteiger partial charge in [-0.05, 0) is 71.5 Å². The summed E-state index contributed by atoms with van der Waals surface area (Å²) in [6.45, 7) is 1.65. The number of carboxylic acid groups (broad SMARTS) is 1. The number of hydrogen-bond donors (Lipinski definition) is 2. The second kappa shape index (κ2) is 12.6. The molecule has 3 heterocycles. The number of fused-ring (bicyclic) bond motifs is 2. The average Bonchev–Trinajstić information content (AvgIpc) is 3.85. The quantitative estimate of drug-likeness (QED) is 0.182. The Bertz CT molecular complexity index is 1890. The molecule has 12 heteroatoms. The number of likely N-dealkylation sites (tertiary alicyclic amines) is 2. The molecule has 2 saturated heterocycles. The third kappa shape index (κ3) is 6.36. The fourth-order valence-electron chi connectivity index (χ4n) is 7.77. The van der Waals surface area contributed by atoms with Gasteiger partial charge in [-0.15, -0.1) is 0 Å². The molecule has 3 fully saturated rings. The third-order valence-electron chi connectivity index (χ3n) is 10.7. The number of nitrogens with zero attached hydrogens (tertiary/aromatic N) is 3. The molecule has 0 unspecified atom stereocenters. The molecule has 1 aromatic heterocycles. The highest BCUT2D eigenvalue weighted by Crippen LogP contribution is 2.53. The Kier molecular flexibility index (Phi) is 8.59. The Morgan fingerprint density at radius 1 is 0.837 bits per heavy atom. The summed E-state index contributed by atoms with van der Waals surface area (Å²) in [7, 11) is 0. The highest BCUT2D eigenvalue weighted by Gasteiger charge is 2.61. The molecule has 3 aliphatic rings. The van der Waals surface area contributed by atoms with E-state index in [0.29, 0.717) is 16.4 Å². The van der Waals surface area contributed by atoms with Crippen molar-refractivity contribution in [3.05, 3.63) is 78.0 Å². The number of pyridine rings is 1. The minimum atomic E-state index is -4.99. The van der Waals surface area contributed by atoms with E-state index in [2.05, 4.69) is 16.3 Å². The molecule has 1 atom stereocenters. The molecular formula is C37H37F5N4O3. The number of alkyl halides is 5. The lowest BCUT2D eigenvalue weighted by Crippen LogP contribution is -2.59. The largest absolute Gasteiger partial charge is 0.480 e. The third-order valence-corrected chi connectivity index (χ3v) is 10.7. The van der Waals surface area contributed by atoms with Crippen LogP contribution in [0.3, 0.4) is 0 Å². The predicted molar refractivity (Wildman–Crippen MR) is 175 cm³/mol. The van der Waals surface area contributed by atoms with Gasteiger partial charge in [0.25, 0.3) is 6.43 Å². The summed E-state index contributed by atoms with van der Waals surface area (Å²) < 4.78 is 68.9. The maximum Gasteiger partial charge on any atom is 0.403 e. The van der Waals surface area contributed by atoms with Gasteiger partial charge in [-0.25, -0.2) is 13.6 Å². The zero-order valence-electron chi connectivity index (χ0n) is 26.8. The minimum absolute atomic E-state index is 0.266. The topological polar surface area (TPSA) is 85.8 Å².